The van der Waals surface area contributed by atoms with Crippen LogP contribution in [0.4, 0.5) is 5.69 Å². The first-order valence-corrected chi connectivity index (χ1v) is 10.1. The Bertz CT molecular complexity index is 959. The highest BCUT2D eigenvalue weighted by molar-refractivity contribution is 7.17. The molecule has 4 rings (SSSR count). The number of likely N-dealkylation sites (tertiary alicyclic amines) is 1. The number of nitrogens with one attached hydrogen (secondary N) is 1. The standard InChI is InChI=1S/C18H21N5O3S/c1-2-14-19-18-22(20-14)17(24)16(27-18)15(21-10-4-3-5-11-21)12-6-8-13(9-7-12)23(25)26/h6-9,15,24H,2-5,10-11H2,1H3/p+1/t15-/m1/s1. The molecule has 0 aliphatic carbocycles. The summed E-state index contributed by atoms with van der Waals surface area (Å²) in [7, 11) is 0. The third-order valence-electron chi connectivity index (χ3n) is 5.16. The summed E-state index contributed by atoms with van der Waals surface area (Å²) in [6.07, 6.45) is 4.21. The minimum Gasteiger partial charge on any atom is -0.492 e. The van der Waals surface area contributed by atoms with Gasteiger partial charge in [0.15, 0.2) is 11.9 Å². The van der Waals surface area contributed by atoms with Crippen molar-refractivity contribution in [3.8, 4) is 5.88 Å². The van der Waals surface area contributed by atoms with Crippen LogP contribution in [0.25, 0.3) is 4.96 Å². The highest BCUT2D eigenvalue weighted by Gasteiger charge is 2.33. The molecule has 1 saturated heterocycles. The normalized spacial score (nSPS) is 16.6. The van der Waals surface area contributed by atoms with Crippen LogP contribution in [-0.2, 0) is 6.42 Å². The van der Waals surface area contributed by atoms with E-state index < -0.39 is 0 Å². The lowest BCUT2D eigenvalue weighted by atomic mass is 10.00. The number of non-ortho nitro benzene ring substituents is 1. The maximum absolute atomic E-state index is 11.0. The fourth-order valence-electron chi connectivity index (χ4n) is 3.78. The van der Waals surface area contributed by atoms with Crippen LogP contribution in [-0.4, -0.2) is 37.7 Å². The van der Waals surface area contributed by atoms with E-state index in [0.717, 1.165) is 36.4 Å². The largest absolute Gasteiger partial charge is 0.492 e. The zero-order valence-electron chi connectivity index (χ0n) is 15.1. The van der Waals surface area contributed by atoms with E-state index in [1.165, 1.54) is 39.3 Å². The van der Waals surface area contributed by atoms with Crippen molar-refractivity contribution < 1.29 is 14.9 Å². The van der Waals surface area contributed by atoms with Crippen molar-refractivity contribution in [2.75, 3.05) is 13.1 Å². The number of hydrogen-bond acceptors (Lipinski definition) is 6. The zero-order valence-corrected chi connectivity index (χ0v) is 15.9. The van der Waals surface area contributed by atoms with Crippen molar-refractivity contribution in [1.82, 2.24) is 14.6 Å². The van der Waals surface area contributed by atoms with E-state index in [-0.39, 0.29) is 22.5 Å². The van der Waals surface area contributed by atoms with Crippen molar-refractivity contribution >= 4 is 22.0 Å². The van der Waals surface area contributed by atoms with Crippen LogP contribution < -0.4 is 4.90 Å². The van der Waals surface area contributed by atoms with E-state index >= 15 is 0 Å². The monoisotopic (exact) mass is 388 g/mol. The van der Waals surface area contributed by atoms with Gasteiger partial charge in [0, 0.05) is 24.1 Å². The van der Waals surface area contributed by atoms with Gasteiger partial charge in [-0.25, -0.2) is 4.98 Å². The number of aromatic hydroxyl groups is 1. The lowest BCUT2D eigenvalue weighted by Crippen LogP contribution is -3.13. The second kappa shape index (κ2) is 7.24. The number of nitro groups is 1. The van der Waals surface area contributed by atoms with Crippen molar-refractivity contribution in [2.24, 2.45) is 0 Å². The SMILES string of the molecule is CCc1nc2sc([C@@H](c3ccc([N+](=O)[O-])cc3)[NH+]3CCCCC3)c(O)n2n1. The zero-order chi connectivity index (χ0) is 19.0. The van der Waals surface area contributed by atoms with Gasteiger partial charge in [-0.1, -0.05) is 18.3 Å². The minimum absolute atomic E-state index is 0.0746. The maximum Gasteiger partial charge on any atom is 0.269 e. The number of quaternary nitrogens is 1. The predicted molar refractivity (Wildman–Crippen MR) is 101 cm³/mol. The van der Waals surface area contributed by atoms with Crippen LogP contribution in [0.5, 0.6) is 5.88 Å². The molecule has 27 heavy (non-hydrogen) atoms. The molecule has 0 bridgehead atoms. The summed E-state index contributed by atoms with van der Waals surface area (Å²) in [5, 5.41) is 26.2. The molecule has 0 spiro atoms. The van der Waals surface area contributed by atoms with Crippen molar-refractivity contribution in [1.29, 1.82) is 0 Å². The summed E-state index contributed by atoms with van der Waals surface area (Å²) in [5.74, 6) is 0.837. The molecule has 3 heterocycles. The highest BCUT2D eigenvalue weighted by atomic mass is 32.1. The molecule has 1 fully saturated rings. The molecule has 3 aromatic rings. The topological polar surface area (TPSA) is 98.0 Å². The van der Waals surface area contributed by atoms with E-state index in [2.05, 4.69) is 10.1 Å². The lowest BCUT2D eigenvalue weighted by molar-refractivity contribution is -0.929. The quantitative estimate of drug-likeness (QED) is 0.515. The second-order valence-electron chi connectivity index (χ2n) is 6.87. The first kappa shape index (κ1) is 17.9. The molecule has 9 heteroatoms. The molecule has 2 aromatic heterocycles. The number of hydrogen-bond donors (Lipinski definition) is 2. The number of thiazole rings is 1. The molecule has 0 amide bonds. The Morgan fingerprint density at radius 2 is 2.00 bits per heavy atom. The molecule has 1 aliphatic heterocycles. The number of aromatic nitrogens is 3. The molecule has 1 aromatic carbocycles. The summed E-state index contributed by atoms with van der Waals surface area (Å²) in [4.78, 5) is 18.0. The van der Waals surface area contributed by atoms with Crippen molar-refractivity contribution in [3.63, 3.8) is 0 Å². The van der Waals surface area contributed by atoms with E-state index in [4.69, 9.17) is 0 Å². The van der Waals surface area contributed by atoms with Gasteiger partial charge in [0.25, 0.3) is 5.69 Å². The van der Waals surface area contributed by atoms with Gasteiger partial charge in [-0.3, -0.25) is 10.1 Å². The van der Waals surface area contributed by atoms with Crippen LogP contribution in [0.1, 0.15) is 48.5 Å². The molecule has 1 atom stereocenters. The van der Waals surface area contributed by atoms with E-state index in [0.29, 0.717) is 17.2 Å². The smallest absolute Gasteiger partial charge is 0.269 e. The molecule has 0 saturated carbocycles. The molecule has 8 nitrogen and oxygen atoms in total. The summed E-state index contributed by atoms with van der Waals surface area (Å²) < 4.78 is 1.51. The van der Waals surface area contributed by atoms with E-state index in [9.17, 15) is 15.2 Å². The molecule has 0 unspecified atom stereocenters. The van der Waals surface area contributed by atoms with Crippen LogP contribution in [0.2, 0.25) is 0 Å². The molecule has 0 radical (unpaired) electrons. The average molecular weight is 388 g/mol. The Hall–Kier alpha value is -2.52. The van der Waals surface area contributed by atoms with Gasteiger partial charge in [0.05, 0.1) is 18.0 Å². The fourth-order valence-corrected chi connectivity index (χ4v) is 4.94. The Morgan fingerprint density at radius 1 is 1.30 bits per heavy atom. The number of benzene rings is 1. The number of aryl methyl sites for hydroxylation is 1. The van der Waals surface area contributed by atoms with Gasteiger partial charge in [-0.05, 0) is 31.4 Å². The summed E-state index contributed by atoms with van der Waals surface area (Å²) >= 11 is 1.45. The molecule has 142 valence electrons. The van der Waals surface area contributed by atoms with Gasteiger partial charge in [0.1, 0.15) is 4.88 Å². The molecular formula is C18H22N5O3S+. The fraction of sp³-hybridized carbons (Fsp3) is 0.444. The number of rotatable bonds is 5. The van der Waals surface area contributed by atoms with Gasteiger partial charge in [-0.15, -0.1) is 5.10 Å². The predicted octanol–water partition coefficient (Wildman–Crippen LogP) is 2.13. The third kappa shape index (κ3) is 3.28. The Morgan fingerprint density at radius 3 is 2.59 bits per heavy atom. The Kier molecular flexibility index (Phi) is 4.79. The number of fused-ring (bicyclic) bond motifs is 1. The van der Waals surface area contributed by atoms with Gasteiger partial charge < -0.3 is 10.0 Å². The van der Waals surface area contributed by atoms with Crippen LogP contribution in [0.15, 0.2) is 24.3 Å². The van der Waals surface area contributed by atoms with Crippen molar-refractivity contribution in [2.45, 2.75) is 38.6 Å². The number of piperidine rings is 1. The summed E-state index contributed by atoms with van der Waals surface area (Å²) in [6.45, 7) is 4.00. The molecule has 1 aliphatic rings. The number of nitrogens with zero attached hydrogens (tertiary/aromatic N) is 4. The van der Waals surface area contributed by atoms with E-state index in [1.807, 2.05) is 6.92 Å². The average Bonchev–Trinajstić information content (AvgIpc) is 3.23. The molecular weight excluding hydrogens is 366 g/mol. The highest BCUT2D eigenvalue weighted by Crippen LogP contribution is 2.35. The van der Waals surface area contributed by atoms with Crippen LogP contribution in [0, 0.1) is 10.1 Å². The van der Waals surface area contributed by atoms with Gasteiger partial charge in [-0.2, -0.15) is 4.52 Å². The van der Waals surface area contributed by atoms with Crippen LogP contribution in [0.3, 0.4) is 0 Å². The summed E-state index contributed by atoms with van der Waals surface area (Å²) in [5.41, 5.74) is 1.04. The maximum atomic E-state index is 11.0. The van der Waals surface area contributed by atoms with E-state index in [1.54, 1.807) is 12.1 Å². The number of nitro benzene ring substituents is 1. The van der Waals surface area contributed by atoms with Gasteiger partial charge in [0.2, 0.25) is 10.8 Å². The van der Waals surface area contributed by atoms with Crippen LogP contribution >= 0.6 is 11.3 Å². The lowest BCUT2D eigenvalue weighted by Gasteiger charge is -2.31. The first-order valence-electron chi connectivity index (χ1n) is 9.24. The Labute approximate surface area is 160 Å². The third-order valence-corrected chi connectivity index (χ3v) is 6.25. The van der Waals surface area contributed by atoms with Gasteiger partial charge >= 0.3 is 0 Å². The Balaban J connectivity index is 1.79. The van der Waals surface area contributed by atoms with Crippen molar-refractivity contribution in [3.05, 3.63) is 50.6 Å². The first-order chi connectivity index (χ1) is 13.1. The second-order valence-corrected chi connectivity index (χ2v) is 7.88. The summed E-state index contributed by atoms with van der Waals surface area (Å²) in [6, 6.07) is 6.60. The minimum atomic E-state index is -0.389. The molecule has 2 N–H and O–H groups in total.